The molecule has 0 saturated heterocycles. The number of anilines is 1. The van der Waals surface area contributed by atoms with E-state index < -0.39 is 5.91 Å². The number of benzene rings is 2. The molecule has 2 aromatic carbocycles. The van der Waals surface area contributed by atoms with Gasteiger partial charge in [0.25, 0.3) is 5.91 Å². The van der Waals surface area contributed by atoms with Gasteiger partial charge in [0.2, 0.25) is 0 Å². The average molecular weight is 381 g/mol. The lowest BCUT2D eigenvalue weighted by atomic mass is 9.83. The molecular formula is C23H15N3O3. The maximum absolute atomic E-state index is 13.1. The highest BCUT2D eigenvalue weighted by Crippen LogP contribution is 2.32. The molecule has 6 nitrogen and oxygen atoms in total. The summed E-state index contributed by atoms with van der Waals surface area (Å²) in [7, 11) is 0. The molecule has 1 aliphatic rings. The quantitative estimate of drug-likeness (QED) is 0.506. The number of pyridine rings is 1. The van der Waals surface area contributed by atoms with Crippen molar-refractivity contribution in [2.24, 2.45) is 0 Å². The summed E-state index contributed by atoms with van der Waals surface area (Å²) in [6, 6.07) is 17.1. The third-order valence-corrected chi connectivity index (χ3v) is 5.12. The van der Waals surface area contributed by atoms with Crippen molar-refractivity contribution in [1.82, 2.24) is 9.38 Å². The minimum atomic E-state index is -0.395. The van der Waals surface area contributed by atoms with Gasteiger partial charge in [-0.3, -0.25) is 18.8 Å². The summed E-state index contributed by atoms with van der Waals surface area (Å²) in [6.07, 6.45) is 1.76. The van der Waals surface area contributed by atoms with Gasteiger partial charge in [0, 0.05) is 22.9 Å². The molecule has 0 spiro atoms. The van der Waals surface area contributed by atoms with Gasteiger partial charge in [-0.15, -0.1) is 0 Å². The number of hydrogen-bond donors (Lipinski definition) is 1. The van der Waals surface area contributed by atoms with Crippen LogP contribution in [0.15, 0.2) is 66.9 Å². The van der Waals surface area contributed by atoms with Crippen molar-refractivity contribution in [2.75, 3.05) is 5.32 Å². The summed E-state index contributed by atoms with van der Waals surface area (Å²) < 4.78 is 1.70. The van der Waals surface area contributed by atoms with Crippen LogP contribution in [0, 0.1) is 6.92 Å². The van der Waals surface area contributed by atoms with Crippen molar-refractivity contribution in [1.29, 1.82) is 0 Å². The number of aryl methyl sites for hydroxylation is 1. The molecule has 1 N–H and O–H groups in total. The predicted octanol–water partition coefficient (Wildman–Crippen LogP) is 3.67. The van der Waals surface area contributed by atoms with Gasteiger partial charge in [0.15, 0.2) is 11.6 Å². The first-order chi connectivity index (χ1) is 14.1. The summed E-state index contributed by atoms with van der Waals surface area (Å²) in [6.45, 7) is 1.76. The van der Waals surface area contributed by atoms with E-state index in [-0.39, 0.29) is 17.1 Å². The van der Waals surface area contributed by atoms with Crippen molar-refractivity contribution in [3.05, 3.63) is 101 Å². The number of aromatic nitrogens is 2. The van der Waals surface area contributed by atoms with Gasteiger partial charge < -0.3 is 5.32 Å². The van der Waals surface area contributed by atoms with Crippen LogP contribution in [-0.2, 0) is 0 Å². The van der Waals surface area contributed by atoms with E-state index in [1.807, 2.05) is 18.2 Å². The fourth-order valence-corrected chi connectivity index (χ4v) is 3.82. The van der Waals surface area contributed by atoms with Crippen molar-refractivity contribution in [2.45, 2.75) is 6.92 Å². The Hall–Kier alpha value is -4.06. The number of nitrogens with zero attached hydrogens (tertiary/aromatic N) is 2. The van der Waals surface area contributed by atoms with Gasteiger partial charge in [-0.2, -0.15) is 0 Å². The molecule has 0 radical (unpaired) electrons. The van der Waals surface area contributed by atoms with E-state index in [1.54, 1.807) is 60.0 Å². The lowest BCUT2D eigenvalue weighted by molar-refractivity contribution is 0.0978. The maximum atomic E-state index is 13.1. The molecule has 0 saturated carbocycles. The normalized spacial score (nSPS) is 12.6. The Morgan fingerprint density at radius 2 is 1.55 bits per heavy atom. The Morgan fingerprint density at radius 3 is 2.34 bits per heavy atom. The van der Waals surface area contributed by atoms with E-state index in [4.69, 9.17) is 0 Å². The Labute approximate surface area is 165 Å². The number of imidazole rings is 1. The van der Waals surface area contributed by atoms with E-state index in [1.165, 1.54) is 0 Å². The number of rotatable bonds is 2. The summed E-state index contributed by atoms with van der Waals surface area (Å²) in [4.78, 5) is 43.4. The Bertz CT molecular complexity index is 1350. The Balaban J connectivity index is 1.60. The molecule has 0 fully saturated rings. The Morgan fingerprint density at radius 1 is 0.862 bits per heavy atom. The van der Waals surface area contributed by atoms with E-state index >= 15 is 0 Å². The van der Waals surface area contributed by atoms with Gasteiger partial charge >= 0.3 is 0 Å². The number of ketones is 2. The number of fused-ring (bicyclic) bond motifs is 3. The number of amides is 1. The van der Waals surface area contributed by atoms with Gasteiger partial charge in [0.05, 0.1) is 16.9 Å². The summed E-state index contributed by atoms with van der Waals surface area (Å²) in [5.74, 6) is -0.896. The van der Waals surface area contributed by atoms with E-state index in [0.717, 1.165) is 0 Å². The molecule has 0 aliphatic heterocycles. The second kappa shape index (κ2) is 6.24. The summed E-state index contributed by atoms with van der Waals surface area (Å²) in [5, 5.41) is 2.81. The summed E-state index contributed by atoms with van der Waals surface area (Å²) >= 11 is 0. The van der Waals surface area contributed by atoms with Crippen LogP contribution in [0.4, 0.5) is 5.69 Å². The van der Waals surface area contributed by atoms with Crippen LogP contribution in [0.25, 0.3) is 5.65 Å². The number of nitrogens with one attached hydrogen (secondary N) is 1. The van der Waals surface area contributed by atoms with Crippen LogP contribution >= 0.6 is 0 Å². The van der Waals surface area contributed by atoms with Crippen molar-refractivity contribution in [3.8, 4) is 0 Å². The highest BCUT2D eigenvalue weighted by Gasteiger charge is 2.32. The first-order valence-electron chi connectivity index (χ1n) is 9.13. The largest absolute Gasteiger partial charge is 0.320 e. The molecular weight excluding hydrogens is 366 g/mol. The zero-order valence-corrected chi connectivity index (χ0v) is 15.5. The van der Waals surface area contributed by atoms with Crippen LogP contribution < -0.4 is 5.32 Å². The average Bonchev–Trinajstić information content (AvgIpc) is 3.07. The van der Waals surface area contributed by atoms with Crippen molar-refractivity contribution < 1.29 is 14.4 Å². The molecule has 2 aromatic heterocycles. The minimum Gasteiger partial charge on any atom is -0.320 e. The SMILES string of the molecule is Cc1nc2ccccn2c1C(=O)Nc1cccc2c1C(=O)c1ccccc1C2=O. The van der Waals surface area contributed by atoms with E-state index in [9.17, 15) is 14.4 Å². The lowest BCUT2D eigenvalue weighted by Gasteiger charge is -2.20. The highest BCUT2D eigenvalue weighted by molar-refractivity contribution is 6.30. The first kappa shape index (κ1) is 17.1. The van der Waals surface area contributed by atoms with Crippen molar-refractivity contribution >= 4 is 28.8 Å². The molecule has 0 atom stereocenters. The molecule has 29 heavy (non-hydrogen) atoms. The number of carbonyl (C=O) groups excluding carboxylic acids is 3. The third kappa shape index (κ3) is 2.50. The molecule has 4 aromatic rings. The Kier molecular flexibility index (Phi) is 3.67. The highest BCUT2D eigenvalue weighted by atomic mass is 16.2. The maximum Gasteiger partial charge on any atom is 0.274 e. The molecule has 140 valence electrons. The van der Waals surface area contributed by atoms with Crippen LogP contribution in [0.2, 0.25) is 0 Å². The molecule has 0 bridgehead atoms. The number of hydrogen-bond acceptors (Lipinski definition) is 4. The first-order valence-corrected chi connectivity index (χ1v) is 9.13. The van der Waals surface area contributed by atoms with Crippen LogP contribution in [0.1, 0.15) is 48.0 Å². The predicted molar refractivity (Wildman–Crippen MR) is 108 cm³/mol. The molecule has 0 unspecified atom stereocenters. The van der Waals surface area contributed by atoms with Gasteiger partial charge in [-0.25, -0.2) is 4.98 Å². The standard InChI is InChI=1S/C23H15N3O3/c1-13-20(26-12-5-4-11-18(26)24-13)23(29)25-17-10-6-9-16-19(17)22(28)15-8-3-2-7-14(15)21(16)27/h2-12H,1H3,(H,25,29). The monoisotopic (exact) mass is 381 g/mol. The second-order valence-electron chi connectivity index (χ2n) is 6.86. The minimum absolute atomic E-state index is 0.219. The molecule has 5 rings (SSSR count). The lowest BCUT2D eigenvalue weighted by Crippen LogP contribution is -2.24. The summed E-state index contributed by atoms with van der Waals surface area (Å²) in [5.41, 5.74) is 3.16. The van der Waals surface area contributed by atoms with Gasteiger partial charge in [-0.1, -0.05) is 42.5 Å². The third-order valence-electron chi connectivity index (χ3n) is 5.12. The fourth-order valence-electron chi connectivity index (χ4n) is 3.82. The fraction of sp³-hybridized carbons (Fsp3) is 0.0435. The second-order valence-corrected chi connectivity index (χ2v) is 6.86. The van der Waals surface area contributed by atoms with Gasteiger partial charge in [0.1, 0.15) is 11.3 Å². The molecule has 1 amide bonds. The molecule has 2 heterocycles. The zero-order chi connectivity index (χ0) is 20.1. The van der Waals surface area contributed by atoms with Crippen LogP contribution in [0.5, 0.6) is 0 Å². The van der Waals surface area contributed by atoms with Crippen LogP contribution in [-0.4, -0.2) is 26.9 Å². The topological polar surface area (TPSA) is 80.5 Å². The van der Waals surface area contributed by atoms with Gasteiger partial charge in [-0.05, 0) is 25.1 Å². The van der Waals surface area contributed by atoms with Crippen LogP contribution in [0.3, 0.4) is 0 Å². The van der Waals surface area contributed by atoms with E-state index in [2.05, 4.69) is 10.3 Å². The molecule has 1 aliphatic carbocycles. The smallest absolute Gasteiger partial charge is 0.274 e. The van der Waals surface area contributed by atoms with E-state index in [0.29, 0.717) is 39.4 Å². The van der Waals surface area contributed by atoms with Crippen molar-refractivity contribution in [3.63, 3.8) is 0 Å². The zero-order valence-electron chi connectivity index (χ0n) is 15.5. The number of carbonyl (C=O) groups is 3. The molecule has 6 heteroatoms.